The summed E-state index contributed by atoms with van der Waals surface area (Å²) in [4.78, 5) is 20.6. The van der Waals surface area contributed by atoms with Gasteiger partial charge in [-0.3, -0.25) is 9.59 Å². The molecule has 0 aromatic rings. The Kier molecular flexibility index (Phi) is 3.53. The lowest BCUT2D eigenvalue weighted by Gasteiger charge is -2.09. The number of aliphatic carboxylic acids is 1. The highest BCUT2D eigenvalue weighted by Gasteiger charge is 2.18. The standard InChI is InChI=1S/C6H12N2O3/c1-3(6(10)11)2-4(7)5(8)9/h3-4H,2,7H2,1H3,(H2,8,9)(H,10,11)/t3?,4-/m0/s1. The van der Waals surface area contributed by atoms with Crippen LogP contribution >= 0.6 is 0 Å². The second kappa shape index (κ2) is 3.92. The van der Waals surface area contributed by atoms with Crippen LogP contribution in [0.5, 0.6) is 0 Å². The van der Waals surface area contributed by atoms with Crippen molar-refractivity contribution in [2.24, 2.45) is 17.4 Å². The summed E-state index contributed by atoms with van der Waals surface area (Å²) >= 11 is 0. The van der Waals surface area contributed by atoms with E-state index in [0.29, 0.717) is 0 Å². The molecule has 0 radical (unpaired) electrons. The van der Waals surface area contributed by atoms with E-state index in [1.165, 1.54) is 6.92 Å². The zero-order valence-corrected chi connectivity index (χ0v) is 6.28. The monoisotopic (exact) mass is 160 g/mol. The normalized spacial score (nSPS) is 15.5. The average Bonchev–Trinajstić information content (AvgIpc) is 1.87. The first kappa shape index (κ1) is 9.90. The van der Waals surface area contributed by atoms with Gasteiger partial charge in [-0.2, -0.15) is 0 Å². The highest BCUT2D eigenvalue weighted by atomic mass is 16.4. The predicted octanol–water partition coefficient (Wildman–Crippen LogP) is -1.09. The van der Waals surface area contributed by atoms with Crippen molar-refractivity contribution in [1.29, 1.82) is 0 Å². The van der Waals surface area contributed by atoms with Gasteiger partial charge < -0.3 is 16.6 Å². The number of nitrogens with two attached hydrogens (primary N) is 2. The summed E-state index contributed by atoms with van der Waals surface area (Å²) in [6, 6.07) is -0.860. The summed E-state index contributed by atoms with van der Waals surface area (Å²) in [6.07, 6.45) is 0.0880. The van der Waals surface area contributed by atoms with Crippen molar-refractivity contribution in [1.82, 2.24) is 0 Å². The van der Waals surface area contributed by atoms with Crippen LogP contribution in [0, 0.1) is 5.92 Å². The third-order valence-electron chi connectivity index (χ3n) is 1.39. The molecule has 0 saturated carbocycles. The lowest BCUT2D eigenvalue weighted by molar-refractivity contribution is -0.141. The maximum absolute atomic E-state index is 10.4. The number of hydrogen-bond donors (Lipinski definition) is 3. The maximum atomic E-state index is 10.4. The van der Waals surface area contributed by atoms with Crippen molar-refractivity contribution in [3.63, 3.8) is 0 Å². The number of rotatable bonds is 4. The van der Waals surface area contributed by atoms with Gasteiger partial charge in [-0.1, -0.05) is 6.92 Å². The smallest absolute Gasteiger partial charge is 0.306 e. The van der Waals surface area contributed by atoms with Gasteiger partial charge in [0, 0.05) is 0 Å². The number of carbonyl (C=O) groups is 2. The summed E-state index contributed by atoms with van der Waals surface area (Å²) in [7, 11) is 0. The van der Waals surface area contributed by atoms with Crippen molar-refractivity contribution in [2.75, 3.05) is 0 Å². The first-order valence-electron chi connectivity index (χ1n) is 3.23. The number of carboxylic acid groups (broad SMARTS) is 1. The zero-order chi connectivity index (χ0) is 9.02. The zero-order valence-electron chi connectivity index (χ0n) is 6.28. The van der Waals surface area contributed by atoms with Crippen LogP contribution in [0.25, 0.3) is 0 Å². The van der Waals surface area contributed by atoms with E-state index >= 15 is 0 Å². The average molecular weight is 160 g/mol. The molecular formula is C6H12N2O3. The van der Waals surface area contributed by atoms with Crippen LogP contribution in [0.3, 0.4) is 0 Å². The summed E-state index contributed by atoms with van der Waals surface area (Å²) in [5.74, 6) is -2.27. The maximum Gasteiger partial charge on any atom is 0.306 e. The van der Waals surface area contributed by atoms with Gasteiger partial charge in [0.1, 0.15) is 0 Å². The fraction of sp³-hybridized carbons (Fsp3) is 0.667. The molecule has 0 fully saturated rings. The third-order valence-corrected chi connectivity index (χ3v) is 1.39. The van der Waals surface area contributed by atoms with E-state index in [2.05, 4.69) is 0 Å². The summed E-state index contributed by atoms with van der Waals surface area (Å²) in [5, 5.41) is 8.40. The van der Waals surface area contributed by atoms with E-state index in [0.717, 1.165) is 0 Å². The lowest BCUT2D eigenvalue weighted by atomic mass is 10.0. The van der Waals surface area contributed by atoms with Crippen LogP contribution in [0.2, 0.25) is 0 Å². The molecule has 0 bridgehead atoms. The Hall–Kier alpha value is -1.10. The molecule has 11 heavy (non-hydrogen) atoms. The Balaban J connectivity index is 3.84. The van der Waals surface area contributed by atoms with Gasteiger partial charge in [0.25, 0.3) is 0 Å². The minimum absolute atomic E-state index is 0.0880. The van der Waals surface area contributed by atoms with Gasteiger partial charge in [-0.15, -0.1) is 0 Å². The van der Waals surface area contributed by atoms with Gasteiger partial charge >= 0.3 is 5.97 Å². The van der Waals surface area contributed by atoms with Crippen LogP contribution in [-0.4, -0.2) is 23.0 Å². The molecule has 0 aliphatic rings. The Morgan fingerprint density at radius 3 is 2.27 bits per heavy atom. The summed E-state index contributed by atoms with van der Waals surface area (Å²) in [6.45, 7) is 1.48. The number of primary amides is 1. The van der Waals surface area contributed by atoms with Gasteiger partial charge in [0.2, 0.25) is 5.91 Å². The van der Waals surface area contributed by atoms with Crippen LogP contribution in [0.4, 0.5) is 0 Å². The van der Waals surface area contributed by atoms with Crippen LogP contribution < -0.4 is 11.5 Å². The number of carbonyl (C=O) groups excluding carboxylic acids is 1. The van der Waals surface area contributed by atoms with Crippen molar-refractivity contribution in [3.05, 3.63) is 0 Å². The molecule has 1 amide bonds. The molecule has 0 aromatic carbocycles. The molecule has 0 spiro atoms. The van der Waals surface area contributed by atoms with Crippen molar-refractivity contribution in [3.8, 4) is 0 Å². The molecule has 5 N–H and O–H groups in total. The topological polar surface area (TPSA) is 106 Å². The quantitative estimate of drug-likeness (QED) is 0.485. The lowest BCUT2D eigenvalue weighted by Crippen LogP contribution is -2.38. The minimum atomic E-state index is -0.971. The molecule has 1 unspecified atom stereocenters. The van der Waals surface area contributed by atoms with Gasteiger partial charge in [0.15, 0.2) is 0 Å². The minimum Gasteiger partial charge on any atom is -0.481 e. The van der Waals surface area contributed by atoms with E-state index in [9.17, 15) is 9.59 Å². The fourth-order valence-electron chi connectivity index (χ4n) is 0.598. The first-order chi connectivity index (χ1) is 4.95. The molecule has 0 rings (SSSR count). The van der Waals surface area contributed by atoms with Crippen molar-refractivity contribution < 1.29 is 14.7 Å². The van der Waals surface area contributed by atoms with E-state index in [4.69, 9.17) is 16.6 Å². The van der Waals surface area contributed by atoms with E-state index in [1.807, 2.05) is 0 Å². The second-order valence-electron chi connectivity index (χ2n) is 2.48. The molecule has 0 aliphatic carbocycles. The molecule has 0 saturated heterocycles. The van der Waals surface area contributed by atoms with E-state index in [-0.39, 0.29) is 6.42 Å². The van der Waals surface area contributed by atoms with Gasteiger partial charge in [0.05, 0.1) is 12.0 Å². The largest absolute Gasteiger partial charge is 0.481 e. The molecule has 0 heterocycles. The Morgan fingerprint density at radius 2 is 2.00 bits per heavy atom. The van der Waals surface area contributed by atoms with Crippen molar-refractivity contribution >= 4 is 11.9 Å². The SMILES string of the molecule is CC(C[C@H](N)C(N)=O)C(=O)O. The Labute approximate surface area is 64.4 Å². The Morgan fingerprint density at radius 1 is 1.55 bits per heavy atom. The highest BCUT2D eigenvalue weighted by Crippen LogP contribution is 2.03. The molecule has 64 valence electrons. The number of amides is 1. The number of hydrogen-bond acceptors (Lipinski definition) is 3. The van der Waals surface area contributed by atoms with Gasteiger partial charge in [-0.05, 0) is 6.42 Å². The first-order valence-corrected chi connectivity index (χ1v) is 3.23. The predicted molar refractivity (Wildman–Crippen MR) is 38.6 cm³/mol. The fourth-order valence-corrected chi connectivity index (χ4v) is 0.598. The molecule has 5 heteroatoms. The van der Waals surface area contributed by atoms with E-state index < -0.39 is 23.8 Å². The molecular weight excluding hydrogens is 148 g/mol. The van der Waals surface area contributed by atoms with Gasteiger partial charge in [-0.25, -0.2) is 0 Å². The molecule has 5 nitrogen and oxygen atoms in total. The van der Waals surface area contributed by atoms with Crippen LogP contribution in [0.1, 0.15) is 13.3 Å². The van der Waals surface area contributed by atoms with Crippen LogP contribution in [0.15, 0.2) is 0 Å². The number of carboxylic acids is 1. The Bertz CT molecular complexity index is 151. The molecule has 0 aliphatic heterocycles. The van der Waals surface area contributed by atoms with E-state index in [1.54, 1.807) is 0 Å². The molecule has 2 atom stereocenters. The van der Waals surface area contributed by atoms with Crippen LogP contribution in [-0.2, 0) is 9.59 Å². The summed E-state index contributed by atoms with van der Waals surface area (Å²) in [5.41, 5.74) is 10.0. The van der Waals surface area contributed by atoms with Crippen molar-refractivity contribution in [2.45, 2.75) is 19.4 Å². The second-order valence-corrected chi connectivity index (χ2v) is 2.48. The summed E-state index contributed by atoms with van der Waals surface area (Å²) < 4.78 is 0. The molecule has 0 aromatic heterocycles. The highest BCUT2D eigenvalue weighted by molar-refractivity contribution is 5.80. The third kappa shape index (κ3) is 3.57.